The third kappa shape index (κ3) is 3.08. The number of aromatic hydroxyl groups is 1. The van der Waals surface area contributed by atoms with Gasteiger partial charge in [-0.2, -0.15) is 0 Å². The molecular weight excluding hydrogens is 393 g/mol. The number of rotatable bonds is 3. The van der Waals surface area contributed by atoms with Crippen LogP contribution in [-0.4, -0.2) is 13.5 Å². The summed E-state index contributed by atoms with van der Waals surface area (Å²) < 4.78 is 40.4. The summed E-state index contributed by atoms with van der Waals surface area (Å²) in [6.45, 7) is 1.65. The zero-order valence-corrected chi connectivity index (χ0v) is 13.9. The zero-order valence-electron chi connectivity index (χ0n) is 9.95. The summed E-state index contributed by atoms with van der Waals surface area (Å²) in [5, 5.41) is 9.28. The first-order chi connectivity index (χ1) is 9.20. The Labute approximate surface area is 132 Å². The maximum Gasteiger partial charge on any atom is 0.263 e. The summed E-state index contributed by atoms with van der Waals surface area (Å²) in [7, 11) is -3.89. The van der Waals surface area contributed by atoms with Gasteiger partial charge < -0.3 is 5.11 Å². The van der Waals surface area contributed by atoms with Gasteiger partial charge in [-0.1, -0.05) is 11.6 Å². The molecular formula is C11H8BrClFNO3S2. The number of benzene rings is 1. The summed E-state index contributed by atoms with van der Waals surface area (Å²) in [6, 6.07) is 3.21. The van der Waals surface area contributed by atoms with E-state index in [1.165, 1.54) is 17.4 Å². The molecule has 0 saturated heterocycles. The molecule has 0 spiro atoms. The predicted octanol–water partition coefficient (Wildman–Crippen LogP) is 4.12. The molecule has 0 atom stereocenters. The van der Waals surface area contributed by atoms with Gasteiger partial charge in [0, 0.05) is 10.9 Å². The van der Waals surface area contributed by atoms with Gasteiger partial charge in [-0.05, 0) is 35.0 Å². The number of nitrogens with one attached hydrogen (secondary N) is 1. The lowest BCUT2D eigenvalue weighted by molar-refractivity contribution is 0.471. The van der Waals surface area contributed by atoms with E-state index in [1.54, 1.807) is 6.92 Å². The van der Waals surface area contributed by atoms with Crippen molar-refractivity contribution in [2.24, 2.45) is 0 Å². The first-order valence-electron chi connectivity index (χ1n) is 5.17. The molecule has 2 aromatic rings. The summed E-state index contributed by atoms with van der Waals surface area (Å²) in [5.41, 5.74) is -0.182. The number of hydrogen-bond donors (Lipinski definition) is 2. The first kappa shape index (κ1) is 15.6. The van der Waals surface area contributed by atoms with Crippen molar-refractivity contribution in [1.29, 1.82) is 0 Å². The molecule has 0 saturated carbocycles. The van der Waals surface area contributed by atoms with Gasteiger partial charge in [0.2, 0.25) is 0 Å². The van der Waals surface area contributed by atoms with Crippen LogP contribution in [0.15, 0.2) is 26.9 Å². The molecule has 9 heteroatoms. The van der Waals surface area contributed by atoms with E-state index in [0.29, 0.717) is 8.66 Å². The van der Waals surface area contributed by atoms with Crippen molar-refractivity contribution in [3.05, 3.63) is 37.7 Å². The maximum absolute atomic E-state index is 13.1. The van der Waals surface area contributed by atoms with Gasteiger partial charge in [0.1, 0.15) is 16.5 Å². The molecule has 20 heavy (non-hydrogen) atoms. The molecule has 0 unspecified atom stereocenters. The van der Waals surface area contributed by atoms with Crippen LogP contribution in [0.25, 0.3) is 0 Å². The highest BCUT2D eigenvalue weighted by molar-refractivity contribution is 9.11. The van der Waals surface area contributed by atoms with Crippen molar-refractivity contribution in [1.82, 2.24) is 0 Å². The monoisotopic (exact) mass is 399 g/mol. The van der Waals surface area contributed by atoms with Gasteiger partial charge in [-0.3, -0.25) is 4.72 Å². The second kappa shape index (κ2) is 5.51. The Morgan fingerprint density at radius 3 is 2.60 bits per heavy atom. The van der Waals surface area contributed by atoms with E-state index >= 15 is 0 Å². The van der Waals surface area contributed by atoms with Crippen LogP contribution >= 0.6 is 38.9 Å². The van der Waals surface area contributed by atoms with E-state index in [-0.39, 0.29) is 15.6 Å². The smallest absolute Gasteiger partial charge is 0.263 e. The number of hydrogen-bond acceptors (Lipinski definition) is 4. The molecule has 1 heterocycles. The SMILES string of the molecule is Cc1sc(Br)cc1S(=O)(=O)Nc1cc(Cl)c(F)cc1O. The lowest BCUT2D eigenvalue weighted by atomic mass is 10.3. The quantitative estimate of drug-likeness (QED) is 0.762. The standard InChI is InChI=1S/C11H8BrClFNO3S2/c1-5-10(4-11(12)19-5)20(17,18)15-8-2-6(13)7(14)3-9(8)16/h2-4,15-16H,1H3. The second-order valence-corrected chi connectivity index (χ2v) is 8.55. The maximum atomic E-state index is 13.1. The van der Waals surface area contributed by atoms with Crippen molar-refractivity contribution >= 4 is 54.6 Å². The number of sulfonamides is 1. The normalized spacial score (nSPS) is 11.6. The van der Waals surface area contributed by atoms with E-state index in [0.717, 1.165) is 12.1 Å². The lowest BCUT2D eigenvalue weighted by Gasteiger charge is -2.10. The van der Waals surface area contributed by atoms with E-state index in [9.17, 15) is 17.9 Å². The van der Waals surface area contributed by atoms with Gasteiger partial charge in [0.25, 0.3) is 10.0 Å². The molecule has 0 aliphatic carbocycles. The first-order valence-corrected chi connectivity index (χ1v) is 8.64. The molecule has 1 aromatic heterocycles. The van der Waals surface area contributed by atoms with Crippen LogP contribution in [0.4, 0.5) is 10.1 Å². The molecule has 0 amide bonds. The number of phenolic OH excluding ortho intramolecular Hbond substituents is 1. The molecule has 0 aliphatic rings. The van der Waals surface area contributed by atoms with Crippen LogP contribution in [0.3, 0.4) is 0 Å². The third-order valence-electron chi connectivity index (χ3n) is 2.41. The highest BCUT2D eigenvalue weighted by Crippen LogP contribution is 2.34. The molecule has 0 bridgehead atoms. The largest absolute Gasteiger partial charge is 0.506 e. The van der Waals surface area contributed by atoms with Crippen LogP contribution in [0.1, 0.15) is 4.88 Å². The van der Waals surface area contributed by atoms with Crippen LogP contribution in [0, 0.1) is 12.7 Å². The Kier molecular flexibility index (Phi) is 4.29. The topological polar surface area (TPSA) is 66.4 Å². The van der Waals surface area contributed by atoms with Gasteiger partial charge in [0.15, 0.2) is 0 Å². The summed E-state index contributed by atoms with van der Waals surface area (Å²) in [6.07, 6.45) is 0. The highest BCUT2D eigenvalue weighted by atomic mass is 79.9. The van der Waals surface area contributed by atoms with Crippen molar-refractivity contribution in [2.45, 2.75) is 11.8 Å². The van der Waals surface area contributed by atoms with Crippen molar-refractivity contribution in [2.75, 3.05) is 4.72 Å². The molecule has 2 N–H and O–H groups in total. The lowest BCUT2D eigenvalue weighted by Crippen LogP contribution is -2.13. The van der Waals surface area contributed by atoms with Gasteiger partial charge in [0.05, 0.1) is 14.5 Å². The number of phenols is 1. The number of anilines is 1. The number of aryl methyl sites for hydroxylation is 1. The number of thiophene rings is 1. The third-order valence-corrected chi connectivity index (χ3v) is 5.88. The molecule has 2 rings (SSSR count). The summed E-state index contributed by atoms with van der Waals surface area (Å²) in [4.78, 5) is 0.659. The van der Waals surface area contributed by atoms with Gasteiger partial charge in [-0.15, -0.1) is 11.3 Å². The Bertz CT molecular complexity index is 776. The van der Waals surface area contributed by atoms with Crippen molar-refractivity contribution < 1.29 is 17.9 Å². The van der Waals surface area contributed by atoms with E-state index in [2.05, 4.69) is 20.7 Å². The molecule has 1 aromatic carbocycles. The number of halogens is 3. The van der Waals surface area contributed by atoms with E-state index in [4.69, 9.17) is 11.6 Å². The van der Waals surface area contributed by atoms with Crippen LogP contribution in [-0.2, 0) is 10.0 Å². The molecule has 0 radical (unpaired) electrons. The van der Waals surface area contributed by atoms with Crippen LogP contribution in [0.5, 0.6) is 5.75 Å². The molecule has 4 nitrogen and oxygen atoms in total. The van der Waals surface area contributed by atoms with Crippen LogP contribution in [0.2, 0.25) is 5.02 Å². The predicted molar refractivity (Wildman–Crippen MR) is 80.6 cm³/mol. The van der Waals surface area contributed by atoms with Gasteiger partial charge >= 0.3 is 0 Å². The zero-order chi connectivity index (χ0) is 15.1. The average molecular weight is 401 g/mol. The van der Waals surface area contributed by atoms with E-state index < -0.39 is 21.6 Å². The van der Waals surface area contributed by atoms with Gasteiger partial charge in [-0.25, -0.2) is 12.8 Å². The highest BCUT2D eigenvalue weighted by Gasteiger charge is 2.21. The molecule has 0 fully saturated rings. The van der Waals surface area contributed by atoms with Crippen molar-refractivity contribution in [3.63, 3.8) is 0 Å². The minimum absolute atomic E-state index is 0.0780. The summed E-state index contributed by atoms with van der Waals surface area (Å²) in [5.74, 6) is -1.37. The minimum Gasteiger partial charge on any atom is -0.506 e. The average Bonchev–Trinajstić information content (AvgIpc) is 2.66. The molecule has 0 aliphatic heterocycles. The second-order valence-electron chi connectivity index (χ2n) is 3.86. The van der Waals surface area contributed by atoms with Crippen molar-refractivity contribution in [3.8, 4) is 5.75 Å². The Morgan fingerprint density at radius 1 is 1.40 bits per heavy atom. The van der Waals surface area contributed by atoms with Crippen LogP contribution < -0.4 is 4.72 Å². The minimum atomic E-state index is -3.89. The molecule has 108 valence electrons. The Balaban J connectivity index is 2.43. The fraction of sp³-hybridized carbons (Fsp3) is 0.0909. The fourth-order valence-corrected chi connectivity index (χ4v) is 5.16. The summed E-state index contributed by atoms with van der Waals surface area (Å²) >= 11 is 10.0. The van der Waals surface area contributed by atoms with E-state index in [1.807, 2.05) is 0 Å². The fourth-order valence-electron chi connectivity index (χ4n) is 1.52. The Hall–Kier alpha value is -0.830. The Morgan fingerprint density at radius 2 is 2.05 bits per heavy atom.